The summed E-state index contributed by atoms with van der Waals surface area (Å²) >= 11 is 5.92. The molecule has 1 saturated carbocycles. The van der Waals surface area contributed by atoms with E-state index in [-0.39, 0.29) is 16.6 Å². The van der Waals surface area contributed by atoms with Gasteiger partial charge in [0.25, 0.3) is 5.56 Å². The Labute approximate surface area is 154 Å². The van der Waals surface area contributed by atoms with E-state index >= 15 is 0 Å². The largest absolute Gasteiger partial charge is 0.379 e. The zero-order valence-electron chi connectivity index (χ0n) is 14.5. The highest BCUT2D eigenvalue weighted by Gasteiger charge is 2.36. The van der Waals surface area contributed by atoms with Crippen LogP contribution in [0.3, 0.4) is 0 Å². The van der Waals surface area contributed by atoms with Crippen molar-refractivity contribution >= 4 is 22.5 Å². The maximum Gasteiger partial charge on any atom is 0.279 e. The monoisotopic (exact) mass is 375 g/mol. The number of nitrogens with zero attached hydrogens (tertiary/aromatic N) is 3. The van der Waals surface area contributed by atoms with Gasteiger partial charge in [-0.15, -0.1) is 0 Å². The third kappa shape index (κ3) is 2.47. The number of hydrogen-bond acceptors (Lipinski definition) is 3. The summed E-state index contributed by atoms with van der Waals surface area (Å²) in [6, 6.07) is 6.23. The quantitative estimate of drug-likeness (QED) is 0.759. The fourth-order valence-electron chi connectivity index (χ4n) is 3.59. The molecule has 1 aromatic carbocycles. The molecule has 0 unspecified atom stereocenters. The van der Waals surface area contributed by atoms with Crippen LogP contribution in [0.25, 0.3) is 10.9 Å². The fourth-order valence-corrected chi connectivity index (χ4v) is 3.77. The number of rotatable bonds is 4. The summed E-state index contributed by atoms with van der Waals surface area (Å²) in [5.41, 5.74) is -0.307. The normalized spacial score (nSPS) is 16.8. The molecule has 0 spiro atoms. The summed E-state index contributed by atoms with van der Waals surface area (Å²) in [6.07, 6.45) is 4.08. The van der Waals surface area contributed by atoms with Gasteiger partial charge in [-0.05, 0) is 43.0 Å². The minimum atomic E-state index is -1.45. The number of benzene rings is 1. The van der Waals surface area contributed by atoms with Crippen molar-refractivity contribution in [2.24, 2.45) is 7.05 Å². The topological polar surface area (TPSA) is 60.1 Å². The van der Waals surface area contributed by atoms with Crippen LogP contribution in [-0.4, -0.2) is 19.5 Å². The molecule has 1 aliphatic carbocycles. The molecule has 0 saturated heterocycles. The number of pyridine rings is 1. The predicted molar refractivity (Wildman–Crippen MR) is 97.9 cm³/mol. The Bertz CT molecular complexity index is 1070. The molecule has 136 valence electrons. The van der Waals surface area contributed by atoms with Crippen LogP contribution in [0.4, 0.5) is 4.39 Å². The van der Waals surface area contributed by atoms with E-state index in [2.05, 4.69) is 5.10 Å². The Kier molecular flexibility index (Phi) is 3.93. The fraction of sp³-hybridized carbons (Fsp3) is 0.368. The average Bonchev–Trinajstić information content (AvgIpc) is 3.39. The molecule has 1 N–H and O–H groups in total. The minimum Gasteiger partial charge on any atom is -0.379 e. The second-order valence-corrected chi connectivity index (χ2v) is 7.24. The molecule has 1 atom stereocenters. The first kappa shape index (κ1) is 17.2. The summed E-state index contributed by atoms with van der Waals surface area (Å²) in [6.45, 7) is 1.82. The van der Waals surface area contributed by atoms with E-state index in [0.717, 1.165) is 12.8 Å². The number of aryl methyl sites for hydroxylation is 1. The lowest BCUT2D eigenvalue weighted by Gasteiger charge is -2.28. The van der Waals surface area contributed by atoms with Crippen LogP contribution in [0.15, 0.2) is 35.3 Å². The maximum absolute atomic E-state index is 13.6. The highest BCUT2D eigenvalue weighted by Crippen LogP contribution is 2.38. The summed E-state index contributed by atoms with van der Waals surface area (Å²) in [5, 5.41) is 16.4. The molecule has 0 aliphatic heterocycles. The van der Waals surface area contributed by atoms with Gasteiger partial charge < -0.3 is 9.67 Å². The molecule has 2 aromatic heterocycles. The van der Waals surface area contributed by atoms with Gasteiger partial charge in [-0.25, -0.2) is 4.39 Å². The third-order valence-electron chi connectivity index (χ3n) is 5.16. The van der Waals surface area contributed by atoms with Gasteiger partial charge >= 0.3 is 0 Å². The Hall–Kier alpha value is -2.18. The Morgan fingerprint density at radius 3 is 2.73 bits per heavy atom. The zero-order valence-corrected chi connectivity index (χ0v) is 15.3. The summed E-state index contributed by atoms with van der Waals surface area (Å²) < 4.78 is 16.8. The van der Waals surface area contributed by atoms with E-state index in [0.29, 0.717) is 28.6 Å². The van der Waals surface area contributed by atoms with E-state index in [9.17, 15) is 14.3 Å². The van der Waals surface area contributed by atoms with E-state index < -0.39 is 11.4 Å². The van der Waals surface area contributed by atoms with Gasteiger partial charge in [-0.2, -0.15) is 5.10 Å². The van der Waals surface area contributed by atoms with Gasteiger partial charge in [0.2, 0.25) is 0 Å². The van der Waals surface area contributed by atoms with Gasteiger partial charge in [0.05, 0.1) is 10.7 Å². The van der Waals surface area contributed by atoms with Crippen molar-refractivity contribution in [3.63, 3.8) is 0 Å². The van der Waals surface area contributed by atoms with Gasteiger partial charge in [-0.3, -0.25) is 9.48 Å². The summed E-state index contributed by atoms with van der Waals surface area (Å²) in [7, 11) is 1.70. The average molecular weight is 376 g/mol. The van der Waals surface area contributed by atoms with Crippen LogP contribution < -0.4 is 5.56 Å². The number of halogens is 2. The van der Waals surface area contributed by atoms with Crippen LogP contribution in [0, 0.1) is 5.82 Å². The number of aliphatic hydroxyl groups is 1. The minimum absolute atomic E-state index is 0.0584. The maximum atomic E-state index is 13.6. The molecular weight excluding hydrogens is 357 g/mol. The van der Waals surface area contributed by atoms with Crippen molar-refractivity contribution in [2.45, 2.75) is 37.8 Å². The van der Waals surface area contributed by atoms with E-state index in [1.54, 1.807) is 17.8 Å². The second-order valence-electron chi connectivity index (χ2n) is 6.84. The third-order valence-corrected chi connectivity index (χ3v) is 5.45. The van der Waals surface area contributed by atoms with Gasteiger partial charge in [0.15, 0.2) is 5.52 Å². The van der Waals surface area contributed by atoms with E-state index in [1.807, 2.05) is 13.0 Å². The smallest absolute Gasteiger partial charge is 0.279 e. The highest BCUT2D eigenvalue weighted by atomic mass is 35.5. The van der Waals surface area contributed by atoms with E-state index in [4.69, 9.17) is 11.6 Å². The van der Waals surface area contributed by atoms with Crippen LogP contribution in [0.2, 0.25) is 5.02 Å². The van der Waals surface area contributed by atoms with Gasteiger partial charge in [0.1, 0.15) is 11.4 Å². The number of hydrogen-bond donors (Lipinski definition) is 1. The van der Waals surface area contributed by atoms with Crippen molar-refractivity contribution in [1.82, 2.24) is 14.3 Å². The van der Waals surface area contributed by atoms with Crippen LogP contribution in [-0.2, 0) is 12.6 Å². The lowest BCUT2D eigenvalue weighted by atomic mass is 9.86. The molecule has 1 aliphatic rings. The zero-order chi connectivity index (χ0) is 18.6. The molecule has 0 amide bonds. The first-order valence-corrected chi connectivity index (χ1v) is 9.01. The van der Waals surface area contributed by atoms with Crippen molar-refractivity contribution in [1.29, 1.82) is 0 Å². The second kappa shape index (κ2) is 5.93. The molecule has 26 heavy (non-hydrogen) atoms. The van der Waals surface area contributed by atoms with Gasteiger partial charge in [-0.1, -0.05) is 24.6 Å². The lowest BCUT2D eigenvalue weighted by Crippen LogP contribution is -2.29. The Morgan fingerprint density at radius 1 is 1.38 bits per heavy atom. The number of aromatic nitrogens is 3. The Morgan fingerprint density at radius 2 is 2.12 bits per heavy atom. The highest BCUT2D eigenvalue weighted by molar-refractivity contribution is 6.30. The molecule has 0 radical (unpaired) electrons. The molecule has 0 bridgehead atoms. The van der Waals surface area contributed by atoms with Crippen LogP contribution in [0.5, 0.6) is 0 Å². The van der Waals surface area contributed by atoms with Crippen LogP contribution >= 0.6 is 11.6 Å². The molecular formula is C19H19ClFN3O2. The summed E-state index contributed by atoms with van der Waals surface area (Å²) in [4.78, 5) is 12.8. The lowest BCUT2D eigenvalue weighted by molar-refractivity contribution is 0.0692. The number of fused-ring (bicyclic) bond motifs is 1. The van der Waals surface area contributed by atoms with Crippen molar-refractivity contribution in [2.75, 3.05) is 0 Å². The molecule has 3 aromatic rings. The molecule has 5 nitrogen and oxygen atoms in total. The molecule has 2 heterocycles. The summed E-state index contributed by atoms with van der Waals surface area (Å²) in [5.74, 6) is -0.545. The SMILES string of the molecule is CC[C@](O)(c1ccc(F)c(Cl)c1)c1c2ccn(C3CC3)c(=O)c2nn1C. The predicted octanol–water partition coefficient (Wildman–Crippen LogP) is 3.51. The molecule has 7 heteroatoms. The standard InChI is InChI=1S/C19H19ClFN3O2/c1-3-19(26,11-4-7-15(21)14(20)10-11)17-13-8-9-24(12-5-6-12)18(25)16(13)22-23(17)2/h4,7-10,12,26H,3,5-6H2,1-2H3/t19-/m0/s1. The van der Waals surface area contributed by atoms with Crippen molar-refractivity contribution in [3.05, 3.63) is 62.9 Å². The molecule has 1 fully saturated rings. The first-order valence-electron chi connectivity index (χ1n) is 8.63. The molecule has 4 rings (SSSR count). The van der Waals surface area contributed by atoms with Crippen LogP contribution in [0.1, 0.15) is 43.5 Å². The Balaban J connectivity index is 1.96. The van der Waals surface area contributed by atoms with Crippen molar-refractivity contribution < 1.29 is 9.50 Å². The van der Waals surface area contributed by atoms with Gasteiger partial charge in [0, 0.05) is 24.7 Å². The first-order chi connectivity index (χ1) is 12.4. The van der Waals surface area contributed by atoms with E-state index in [1.165, 1.54) is 22.9 Å². The van der Waals surface area contributed by atoms with Crippen molar-refractivity contribution in [3.8, 4) is 0 Å².